The Balaban J connectivity index is 2.23. The molecule has 1 amide bonds. The third-order valence-corrected chi connectivity index (χ3v) is 2.88. The highest BCUT2D eigenvalue weighted by Gasteiger charge is 2.30. The number of carbonyl (C=O) groups is 1. The highest BCUT2D eigenvalue weighted by atomic mass is 16.5. The zero-order valence-electron chi connectivity index (χ0n) is 9.93. The fourth-order valence-electron chi connectivity index (χ4n) is 1.56. The molecule has 1 heterocycles. The van der Waals surface area contributed by atoms with Crippen LogP contribution < -0.4 is 10.6 Å². The first-order valence-corrected chi connectivity index (χ1v) is 5.68. The zero-order chi connectivity index (χ0) is 11.3. The van der Waals surface area contributed by atoms with Gasteiger partial charge in [0, 0.05) is 12.6 Å². The van der Waals surface area contributed by atoms with Crippen molar-refractivity contribution in [2.24, 2.45) is 0 Å². The van der Waals surface area contributed by atoms with Gasteiger partial charge in [0.05, 0.1) is 18.7 Å². The number of carbonyl (C=O) groups excluding carboxylic acids is 1. The normalized spacial score (nSPS) is 27.7. The smallest absolute Gasteiger partial charge is 0.234 e. The van der Waals surface area contributed by atoms with Gasteiger partial charge in [-0.25, -0.2) is 0 Å². The van der Waals surface area contributed by atoms with Crippen LogP contribution in [0.3, 0.4) is 0 Å². The lowest BCUT2D eigenvalue weighted by atomic mass is 10.0. The predicted molar refractivity (Wildman–Crippen MR) is 59.7 cm³/mol. The highest BCUT2D eigenvalue weighted by molar-refractivity contribution is 5.78. The summed E-state index contributed by atoms with van der Waals surface area (Å²) in [5.41, 5.74) is -0.159. The van der Waals surface area contributed by atoms with Gasteiger partial charge >= 0.3 is 0 Å². The number of hydrogen-bond donors (Lipinski definition) is 2. The van der Waals surface area contributed by atoms with Crippen molar-refractivity contribution in [3.05, 3.63) is 0 Å². The van der Waals surface area contributed by atoms with E-state index in [4.69, 9.17) is 4.74 Å². The third-order valence-electron chi connectivity index (χ3n) is 2.88. The maximum Gasteiger partial charge on any atom is 0.234 e. The van der Waals surface area contributed by atoms with Gasteiger partial charge in [0.1, 0.15) is 0 Å². The van der Waals surface area contributed by atoms with Gasteiger partial charge in [-0.3, -0.25) is 4.79 Å². The van der Waals surface area contributed by atoms with Crippen molar-refractivity contribution >= 4 is 5.91 Å². The molecule has 0 spiro atoms. The number of rotatable bonds is 5. The second-order valence-electron chi connectivity index (χ2n) is 4.60. The molecule has 1 rings (SSSR count). The second-order valence-corrected chi connectivity index (χ2v) is 4.60. The molecule has 0 radical (unpaired) electrons. The summed E-state index contributed by atoms with van der Waals surface area (Å²) in [4.78, 5) is 11.6. The molecule has 2 unspecified atom stereocenters. The number of ether oxygens (including phenoxy) is 1. The lowest BCUT2D eigenvalue weighted by Crippen LogP contribution is -2.50. The molecule has 2 atom stereocenters. The number of nitrogens with one attached hydrogen (secondary N) is 2. The molecule has 4 nitrogen and oxygen atoms in total. The van der Waals surface area contributed by atoms with Gasteiger partial charge in [0.15, 0.2) is 0 Å². The Morgan fingerprint density at radius 2 is 2.33 bits per heavy atom. The van der Waals surface area contributed by atoms with E-state index >= 15 is 0 Å². The van der Waals surface area contributed by atoms with E-state index in [2.05, 4.69) is 24.5 Å². The van der Waals surface area contributed by atoms with Crippen molar-refractivity contribution in [3.8, 4) is 0 Å². The standard InChI is InChI=1S/C11H22N2O2/c1-4-9(2)12-7-10(14)13-11(3)5-6-15-8-11/h9,12H,4-8H2,1-3H3,(H,13,14). The summed E-state index contributed by atoms with van der Waals surface area (Å²) >= 11 is 0. The second kappa shape index (κ2) is 5.47. The lowest BCUT2D eigenvalue weighted by molar-refractivity contribution is -0.122. The fraction of sp³-hybridized carbons (Fsp3) is 0.909. The Labute approximate surface area is 91.8 Å². The van der Waals surface area contributed by atoms with E-state index < -0.39 is 0 Å². The highest BCUT2D eigenvalue weighted by Crippen LogP contribution is 2.16. The summed E-state index contributed by atoms with van der Waals surface area (Å²) in [6, 6.07) is 0.392. The van der Waals surface area contributed by atoms with Gasteiger partial charge in [-0.05, 0) is 26.7 Å². The van der Waals surface area contributed by atoms with E-state index in [0.29, 0.717) is 19.2 Å². The summed E-state index contributed by atoms with van der Waals surface area (Å²) in [5.74, 6) is 0.0586. The topological polar surface area (TPSA) is 50.4 Å². The van der Waals surface area contributed by atoms with Crippen LogP contribution in [0, 0.1) is 0 Å². The van der Waals surface area contributed by atoms with Crippen LogP contribution in [0.4, 0.5) is 0 Å². The van der Waals surface area contributed by atoms with E-state index in [1.54, 1.807) is 0 Å². The van der Waals surface area contributed by atoms with Crippen LogP contribution in [0.15, 0.2) is 0 Å². The van der Waals surface area contributed by atoms with Crippen molar-refractivity contribution in [1.82, 2.24) is 10.6 Å². The molecule has 2 N–H and O–H groups in total. The van der Waals surface area contributed by atoms with Gasteiger partial charge in [0.2, 0.25) is 5.91 Å². The summed E-state index contributed by atoms with van der Waals surface area (Å²) in [6.45, 7) is 7.97. The van der Waals surface area contributed by atoms with E-state index in [1.165, 1.54) is 0 Å². The summed E-state index contributed by atoms with van der Waals surface area (Å²) in [7, 11) is 0. The lowest BCUT2D eigenvalue weighted by Gasteiger charge is -2.24. The Kier molecular flexibility index (Phi) is 4.54. The van der Waals surface area contributed by atoms with Gasteiger partial charge in [-0.1, -0.05) is 6.92 Å². The van der Waals surface area contributed by atoms with Crippen LogP contribution in [0.25, 0.3) is 0 Å². The van der Waals surface area contributed by atoms with Crippen LogP contribution >= 0.6 is 0 Å². The van der Waals surface area contributed by atoms with Crippen molar-refractivity contribution in [3.63, 3.8) is 0 Å². The molecular weight excluding hydrogens is 192 g/mol. The van der Waals surface area contributed by atoms with E-state index in [-0.39, 0.29) is 11.4 Å². The first-order chi connectivity index (χ1) is 7.06. The molecule has 0 aromatic carbocycles. The van der Waals surface area contributed by atoms with Gasteiger partial charge in [0.25, 0.3) is 0 Å². The van der Waals surface area contributed by atoms with Crippen molar-refractivity contribution in [2.45, 2.75) is 45.2 Å². The average molecular weight is 214 g/mol. The molecule has 1 saturated heterocycles. The quantitative estimate of drug-likeness (QED) is 0.707. The summed E-state index contributed by atoms with van der Waals surface area (Å²) < 4.78 is 5.27. The van der Waals surface area contributed by atoms with E-state index in [1.807, 2.05) is 6.92 Å². The van der Waals surface area contributed by atoms with Crippen molar-refractivity contribution < 1.29 is 9.53 Å². The van der Waals surface area contributed by atoms with Crippen molar-refractivity contribution in [2.75, 3.05) is 19.8 Å². The maximum atomic E-state index is 11.6. The first-order valence-electron chi connectivity index (χ1n) is 5.68. The summed E-state index contributed by atoms with van der Waals surface area (Å²) in [5, 5.41) is 6.18. The molecule has 1 aliphatic heterocycles. The minimum absolute atomic E-state index is 0.0586. The fourth-order valence-corrected chi connectivity index (χ4v) is 1.56. The Morgan fingerprint density at radius 3 is 2.87 bits per heavy atom. The average Bonchev–Trinajstić information content (AvgIpc) is 2.61. The molecule has 15 heavy (non-hydrogen) atoms. The van der Waals surface area contributed by atoms with Crippen LogP contribution in [0.5, 0.6) is 0 Å². The van der Waals surface area contributed by atoms with Gasteiger partial charge in [-0.15, -0.1) is 0 Å². The molecule has 0 aliphatic carbocycles. The van der Waals surface area contributed by atoms with Crippen molar-refractivity contribution in [1.29, 1.82) is 0 Å². The zero-order valence-corrected chi connectivity index (χ0v) is 9.93. The number of amides is 1. The van der Waals surface area contributed by atoms with E-state index in [9.17, 15) is 4.79 Å². The molecule has 0 saturated carbocycles. The van der Waals surface area contributed by atoms with Crippen LogP contribution in [-0.2, 0) is 9.53 Å². The molecule has 0 bridgehead atoms. The molecule has 0 aromatic heterocycles. The number of hydrogen-bond acceptors (Lipinski definition) is 3. The molecular formula is C11H22N2O2. The third kappa shape index (κ3) is 4.18. The summed E-state index contributed by atoms with van der Waals surface area (Å²) in [6.07, 6.45) is 1.94. The van der Waals surface area contributed by atoms with Crippen LogP contribution in [0.1, 0.15) is 33.6 Å². The van der Waals surface area contributed by atoms with Crippen LogP contribution in [0.2, 0.25) is 0 Å². The Morgan fingerprint density at radius 1 is 1.60 bits per heavy atom. The van der Waals surface area contributed by atoms with Gasteiger partial charge < -0.3 is 15.4 Å². The molecule has 0 aromatic rings. The first kappa shape index (κ1) is 12.5. The predicted octanol–water partition coefficient (Wildman–Crippen LogP) is 0.670. The Hall–Kier alpha value is -0.610. The molecule has 4 heteroatoms. The van der Waals surface area contributed by atoms with Crippen LogP contribution in [-0.4, -0.2) is 37.2 Å². The SMILES string of the molecule is CCC(C)NCC(=O)NC1(C)CCOC1. The largest absolute Gasteiger partial charge is 0.379 e. The molecule has 1 fully saturated rings. The minimum Gasteiger partial charge on any atom is -0.379 e. The molecule has 1 aliphatic rings. The Bertz CT molecular complexity index is 213. The minimum atomic E-state index is -0.159. The van der Waals surface area contributed by atoms with E-state index in [0.717, 1.165) is 19.4 Å². The monoisotopic (exact) mass is 214 g/mol. The molecule has 88 valence electrons. The van der Waals surface area contributed by atoms with Gasteiger partial charge in [-0.2, -0.15) is 0 Å². The maximum absolute atomic E-state index is 11.6.